The second kappa shape index (κ2) is 4.09. The highest BCUT2D eigenvalue weighted by molar-refractivity contribution is 7.09. The second-order valence-electron chi connectivity index (χ2n) is 3.42. The van der Waals surface area contributed by atoms with E-state index in [4.69, 9.17) is 4.74 Å². The smallest absolute Gasteiger partial charge is 0.357 e. The van der Waals surface area contributed by atoms with Gasteiger partial charge in [0.05, 0.1) is 11.6 Å². The Morgan fingerprint density at radius 2 is 2.50 bits per heavy atom. The molecule has 0 bridgehead atoms. The van der Waals surface area contributed by atoms with Crippen LogP contribution in [0.3, 0.4) is 0 Å². The van der Waals surface area contributed by atoms with E-state index in [0.29, 0.717) is 18.2 Å². The molecule has 0 aromatic carbocycles. The molecule has 1 saturated carbocycles. The third-order valence-corrected chi connectivity index (χ3v) is 3.47. The van der Waals surface area contributed by atoms with Gasteiger partial charge in [-0.25, -0.2) is 9.78 Å². The molecule has 1 fully saturated rings. The van der Waals surface area contributed by atoms with Gasteiger partial charge in [0.25, 0.3) is 0 Å². The standard InChI is InChI=1S/C10H13NO2S/c1-2-13-10(12)8-6-14-9(11-8)7-4-3-5-7/h6-7H,2-5H2,1H3. The van der Waals surface area contributed by atoms with E-state index in [-0.39, 0.29) is 5.97 Å². The van der Waals surface area contributed by atoms with Gasteiger partial charge in [0.15, 0.2) is 5.69 Å². The molecule has 0 unspecified atom stereocenters. The molecule has 1 aromatic heterocycles. The van der Waals surface area contributed by atoms with Gasteiger partial charge in [-0.2, -0.15) is 0 Å². The summed E-state index contributed by atoms with van der Waals surface area (Å²) < 4.78 is 4.88. The molecule has 4 heteroatoms. The highest BCUT2D eigenvalue weighted by atomic mass is 32.1. The number of ether oxygens (including phenoxy) is 1. The molecule has 0 atom stereocenters. The van der Waals surface area contributed by atoms with Crippen LogP contribution in [0, 0.1) is 0 Å². The Hall–Kier alpha value is -0.900. The fourth-order valence-electron chi connectivity index (χ4n) is 1.43. The van der Waals surface area contributed by atoms with Crippen molar-refractivity contribution in [3.05, 3.63) is 16.1 Å². The molecular weight excluding hydrogens is 198 g/mol. The predicted molar refractivity (Wildman–Crippen MR) is 54.7 cm³/mol. The maximum Gasteiger partial charge on any atom is 0.357 e. The van der Waals surface area contributed by atoms with Crippen molar-refractivity contribution in [2.75, 3.05) is 6.61 Å². The normalized spacial score (nSPS) is 16.4. The minimum absolute atomic E-state index is 0.297. The first-order valence-electron chi connectivity index (χ1n) is 4.93. The Bertz CT molecular complexity index is 331. The van der Waals surface area contributed by atoms with Crippen molar-refractivity contribution >= 4 is 17.3 Å². The topological polar surface area (TPSA) is 39.2 Å². The molecule has 1 heterocycles. The summed E-state index contributed by atoms with van der Waals surface area (Å²) in [4.78, 5) is 15.6. The lowest BCUT2D eigenvalue weighted by atomic mass is 9.86. The average molecular weight is 211 g/mol. The van der Waals surface area contributed by atoms with E-state index in [2.05, 4.69) is 4.98 Å². The molecule has 0 aliphatic heterocycles. The minimum Gasteiger partial charge on any atom is -0.461 e. The third kappa shape index (κ3) is 1.80. The molecule has 0 amide bonds. The van der Waals surface area contributed by atoms with E-state index in [1.165, 1.54) is 19.3 Å². The predicted octanol–water partition coefficient (Wildman–Crippen LogP) is 2.59. The van der Waals surface area contributed by atoms with Crippen LogP contribution in [0.4, 0.5) is 0 Å². The van der Waals surface area contributed by atoms with Gasteiger partial charge in [0.1, 0.15) is 0 Å². The summed E-state index contributed by atoms with van der Waals surface area (Å²) in [6.45, 7) is 2.21. The summed E-state index contributed by atoms with van der Waals surface area (Å²) in [6.07, 6.45) is 3.73. The molecule has 14 heavy (non-hydrogen) atoms. The summed E-state index contributed by atoms with van der Waals surface area (Å²) >= 11 is 1.58. The number of hydrogen-bond acceptors (Lipinski definition) is 4. The maximum absolute atomic E-state index is 11.3. The Labute approximate surface area is 87.1 Å². The van der Waals surface area contributed by atoms with Crippen LogP contribution in [0.2, 0.25) is 0 Å². The molecule has 1 aliphatic rings. The Morgan fingerprint density at radius 3 is 3.07 bits per heavy atom. The van der Waals surface area contributed by atoms with Crippen molar-refractivity contribution in [2.24, 2.45) is 0 Å². The summed E-state index contributed by atoms with van der Waals surface area (Å²) in [5.74, 6) is 0.303. The van der Waals surface area contributed by atoms with Crippen molar-refractivity contribution in [3.63, 3.8) is 0 Å². The van der Waals surface area contributed by atoms with Gasteiger partial charge in [0.2, 0.25) is 0 Å². The lowest BCUT2D eigenvalue weighted by molar-refractivity contribution is 0.0520. The molecule has 1 aliphatic carbocycles. The van der Waals surface area contributed by atoms with Crippen LogP contribution in [-0.2, 0) is 4.74 Å². The fourth-order valence-corrected chi connectivity index (χ4v) is 2.39. The van der Waals surface area contributed by atoms with Crippen molar-refractivity contribution in [1.82, 2.24) is 4.98 Å². The first-order valence-corrected chi connectivity index (χ1v) is 5.81. The van der Waals surface area contributed by atoms with Crippen LogP contribution >= 0.6 is 11.3 Å². The molecule has 2 rings (SSSR count). The maximum atomic E-state index is 11.3. The SMILES string of the molecule is CCOC(=O)c1csc(C2CCC2)n1. The van der Waals surface area contributed by atoms with Gasteiger partial charge in [-0.1, -0.05) is 6.42 Å². The number of thiazole rings is 1. The van der Waals surface area contributed by atoms with Gasteiger partial charge in [0, 0.05) is 11.3 Å². The molecule has 0 spiro atoms. The van der Waals surface area contributed by atoms with Crippen molar-refractivity contribution in [1.29, 1.82) is 0 Å². The zero-order valence-corrected chi connectivity index (χ0v) is 8.97. The Kier molecular flexibility index (Phi) is 2.82. The van der Waals surface area contributed by atoms with E-state index in [1.807, 2.05) is 0 Å². The van der Waals surface area contributed by atoms with Crippen LogP contribution < -0.4 is 0 Å². The first kappa shape index (κ1) is 9.65. The van der Waals surface area contributed by atoms with Gasteiger partial charge in [-0.3, -0.25) is 0 Å². The van der Waals surface area contributed by atoms with Gasteiger partial charge in [-0.15, -0.1) is 11.3 Å². The molecule has 0 radical (unpaired) electrons. The highest BCUT2D eigenvalue weighted by Gasteiger charge is 2.23. The van der Waals surface area contributed by atoms with Crippen molar-refractivity contribution in [2.45, 2.75) is 32.1 Å². The molecule has 1 aromatic rings. The second-order valence-corrected chi connectivity index (χ2v) is 4.31. The van der Waals surface area contributed by atoms with E-state index in [9.17, 15) is 4.79 Å². The number of hydrogen-bond donors (Lipinski definition) is 0. The zero-order chi connectivity index (χ0) is 9.97. The molecular formula is C10H13NO2S. The lowest BCUT2D eigenvalue weighted by Gasteiger charge is -2.22. The largest absolute Gasteiger partial charge is 0.461 e. The van der Waals surface area contributed by atoms with Crippen molar-refractivity contribution in [3.8, 4) is 0 Å². The summed E-state index contributed by atoms with van der Waals surface area (Å²) in [7, 11) is 0. The first-order chi connectivity index (χ1) is 6.81. The highest BCUT2D eigenvalue weighted by Crippen LogP contribution is 2.37. The Morgan fingerprint density at radius 1 is 1.71 bits per heavy atom. The lowest BCUT2D eigenvalue weighted by Crippen LogP contribution is -2.10. The van der Waals surface area contributed by atoms with E-state index < -0.39 is 0 Å². The summed E-state index contributed by atoms with van der Waals surface area (Å²) in [5.41, 5.74) is 0.471. The van der Waals surface area contributed by atoms with E-state index in [1.54, 1.807) is 23.6 Å². The quantitative estimate of drug-likeness (QED) is 0.721. The van der Waals surface area contributed by atoms with Gasteiger partial charge in [-0.05, 0) is 19.8 Å². The number of aromatic nitrogens is 1. The van der Waals surface area contributed by atoms with Crippen molar-refractivity contribution < 1.29 is 9.53 Å². The molecule has 0 saturated heterocycles. The Balaban J connectivity index is 2.05. The summed E-state index contributed by atoms with van der Waals surface area (Å²) in [6, 6.07) is 0. The van der Waals surface area contributed by atoms with E-state index in [0.717, 1.165) is 5.01 Å². The molecule has 0 N–H and O–H groups in total. The number of nitrogens with zero attached hydrogens (tertiary/aromatic N) is 1. The van der Waals surface area contributed by atoms with Gasteiger partial charge >= 0.3 is 5.97 Å². The number of rotatable bonds is 3. The van der Waals surface area contributed by atoms with Gasteiger partial charge < -0.3 is 4.74 Å². The number of carbonyl (C=O) groups is 1. The van der Waals surface area contributed by atoms with Crippen LogP contribution in [0.1, 0.15) is 47.6 Å². The van der Waals surface area contributed by atoms with Crippen LogP contribution in [0.25, 0.3) is 0 Å². The van der Waals surface area contributed by atoms with Crippen LogP contribution in [-0.4, -0.2) is 17.6 Å². The van der Waals surface area contributed by atoms with Crippen LogP contribution in [0.15, 0.2) is 5.38 Å². The number of carbonyl (C=O) groups excluding carboxylic acids is 1. The number of esters is 1. The fraction of sp³-hybridized carbons (Fsp3) is 0.600. The minimum atomic E-state index is -0.297. The third-order valence-electron chi connectivity index (χ3n) is 2.46. The average Bonchev–Trinajstić information content (AvgIpc) is 2.50. The van der Waals surface area contributed by atoms with Crippen LogP contribution in [0.5, 0.6) is 0 Å². The van der Waals surface area contributed by atoms with E-state index >= 15 is 0 Å². The monoisotopic (exact) mass is 211 g/mol. The molecule has 3 nitrogen and oxygen atoms in total. The summed E-state index contributed by atoms with van der Waals surface area (Å²) in [5, 5.41) is 2.89. The molecule has 76 valence electrons. The zero-order valence-electron chi connectivity index (χ0n) is 8.16.